The van der Waals surface area contributed by atoms with Crippen molar-refractivity contribution in [2.45, 2.75) is 39.0 Å². The van der Waals surface area contributed by atoms with Crippen LogP contribution in [0.15, 0.2) is 53.4 Å². The molecule has 0 bridgehead atoms. The summed E-state index contributed by atoms with van der Waals surface area (Å²) in [5.41, 5.74) is 2.94. The van der Waals surface area contributed by atoms with Gasteiger partial charge in [0, 0.05) is 23.7 Å². The predicted octanol–water partition coefficient (Wildman–Crippen LogP) is 6.30. The maximum Gasteiger partial charge on any atom is 0.266 e. The second kappa shape index (κ2) is 11.5. The van der Waals surface area contributed by atoms with Crippen molar-refractivity contribution in [3.63, 3.8) is 0 Å². The first-order chi connectivity index (χ1) is 15.0. The first kappa shape index (κ1) is 23.5. The lowest BCUT2D eigenvalue weighted by Crippen LogP contribution is -2.29. The molecule has 0 aliphatic carbocycles. The molecule has 0 saturated carbocycles. The van der Waals surface area contributed by atoms with Crippen molar-refractivity contribution in [2.24, 2.45) is 0 Å². The third kappa shape index (κ3) is 6.66. The number of thioether (sulfide) groups is 1. The van der Waals surface area contributed by atoms with Crippen LogP contribution in [-0.4, -0.2) is 27.6 Å². The zero-order valence-electron chi connectivity index (χ0n) is 17.4. The summed E-state index contributed by atoms with van der Waals surface area (Å²) in [6, 6.07) is 15.2. The Labute approximate surface area is 198 Å². The molecule has 1 heterocycles. The van der Waals surface area contributed by atoms with Gasteiger partial charge in [0.15, 0.2) is 0 Å². The van der Waals surface area contributed by atoms with Crippen molar-refractivity contribution in [3.05, 3.63) is 69.6 Å². The number of para-hydroxylation sites is 1. The number of benzene rings is 2. The van der Waals surface area contributed by atoms with E-state index in [1.165, 1.54) is 11.8 Å². The van der Waals surface area contributed by atoms with Crippen LogP contribution in [0.3, 0.4) is 0 Å². The SMILES string of the molecule is CCc1ccccc1NC(=O)CCCCCN1C(=O)/C(=C/c2ccc(Cl)cc2)SC1=S. The highest BCUT2D eigenvalue weighted by Gasteiger charge is 2.31. The summed E-state index contributed by atoms with van der Waals surface area (Å²) in [5.74, 6) is -0.0312. The lowest BCUT2D eigenvalue weighted by molar-refractivity contribution is -0.122. The Bertz CT molecular complexity index is 989. The molecule has 7 heteroatoms. The van der Waals surface area contributed by atoms with Gasteiger partial charge in [-0.25, -0.2) is 0 Å². The molecule has 0 aromatic heterocycles. The molecule has 2 aromatic rings. The topological polar surface area (TPSA) is 49.4 Å². The van der Waals surface area contributed by atoms with Gasteiger partial charge in [0.2, 0.25) is 5.91 Å². The quantitative estimate of drug-likeness (QED) is 0.264. The lowest BCUT2D eigenvalue weighted by Gasteiger charge is -2.14. The molecule has 1 saturated heterocycles. The van der Waals surface area contributed by atoms with Gasteiger partial charge in [0.25, 0.3) is 5.91 Å². The molecule has 4 nitrogen and oxygen atoms in total. The van der Waals surface area contributed by atoms with Crippen molar-refractivity contribution in [3.8, 4) is 0 Å². The molecular weight excluding hydrogens is 448 g/mol. The number of carbonyl (C=O) groups excluding carboxylic acids is 2. The minimum absolute atomic E-state index is 0.0254. The van der Waals surface area contributed by atoms with Gasteiger partial charge in [-0.15, -0.1) is 0 Å². The number of thiocarbonyl (C=S) groups is 1. The number of aryl methyl sites for hydroxylation is 1. The summed E-state index contributed by atoms with van der Waals surface area (Å²) in [7, 11) is 0. The zero-order chi connectivity index (χ0) is 22.2. The fourth-order valence-electron chi connectivity index (χ4n) is 3.30. The summed E-state index contributed by atoms with van der Waals surface area (Å²) in [4.78, 5) is 27.2. The third-order valence-electron chi connectivity index (χ3n) is 5.00. The molecule has 1 aliphatic heterocycles. The van der Waals surface area contributed by atoms with E-state index in [2.05, 4.69) is 12.2 Å². The second-order valence-corrected chi connectivity index (χ2v) is 9.37. The Hall–Kier alpha value is -2.15. The largest absolute Gasteiger partial charge is 0.326 e. The smallest absolute Gasteiger partial charge is 0.266 e. The highest BCUT2D eigenvalue weighted by Crippen LogP contribution is 2.33. The third-order valence-corrected chi connectivity index (χ3v) is 6.63. The van der Waals surface area contributed by atoms with Crippen LogP contribution in [-0.2, 0) is 16.0 Å². The number of carbonyl (C=O) groups is 2. The first-order valence-corrected chi connectivity index (χ1v) is 12.0. The van der Waals surface area contributed by atoms with Gasteiger partial charge in [-0.2, -0.15) is 0 Å². The van der Waals surface area contributed by atoms with Crippen LogP contribution in [0.1, 0.15) is 43.7 Å². The zero-order valence-corrected chi connectivity index (χ0v) is 19.8. The number of nitrogens with zero attached hydrogens (tertiary/aromatic N) is 1. The van der Waals surface area contributed by atoms with E-state index >= 15 is 0 Å². The maximum atomic E-state index is 12.7. The number of hydrogen-bond donors (Lipinski definition) is 1. The van der Waals surface area contributed by atoms with Crippen LogP contribution in [0.2, 0.25) is 5.02 Å². The Morgan fingerprint density at radius 3 is 2.61 bits per heavy atom. The highest BCUT2D eigenvalue weighted by molar-refractivity contribution is 8.26. The van der Waals surface area contributed by atoms with E-state index in [1.807, 2.05) is 42.5 Å². The standard InChI is InChI=1S/C24H25ClN2O2S2/c1-2-18-8-5-6-9-20(18)26-22(28)10-4-3-7-15-27-23(29)21(31-24(27)30)16-17-11-13-19(25)14-12-17/h5-6,8-9,11-14,16H,2-4,7,10,15H2,1H3,(H,26,28)/b21-16-. The average molecular weight is 473 g/mol. The van der Waals surface area contributed by atoms with Crippen LogP contribution in [0.5, 0.6) is 0 Å². The molecule has 0 radical (unpaired) electrons. The van der Waals surface area contributed by atoms with Crippen molar-refractivity contribution in [2.75, 3.05) is 11.9 Å². The number of halogens is 1. The highest BCUT2D eigenvalue weighted by atomic mass is 35.5. The average Bonchev–Trinajstić information content (AvgIpc) is 3.02. The Kier molecular flexibility index (Phi) is 8.69. The normalized spacial score (nSPS) is 15.0. The van der Waals surface area contributed by atoms with E-state index in [0.717, 1.165) is 42.5 Å². The summed E-state index contributed by atoms with van der Waals surface area (Å²) < 4.78 is 0.583. The fourth-order valence-corrected chi connectivity index (χ4v) is 4.73. The van der Waals surface area contributed by atoms with Gasteiger partial charge in [0.1, 0.15) is 4.32 Å². The summed E-state index contributed by atoms with van der Waals surface area (Å²) in [5, 5.41) is 3.66. The predicted molar refractivity (Wildman–Crippen MR) is 134 cm³/mol. The van der Waals surface area contributed by atoms with Crippen LogP contribution in [0, 0.1) is 0 Å². The Morgan fingerprint density at radius 1 is 1.13 bits per heavy atom. The van der Waals surface area contributed by atoms with Crippen molar-refractivity contribution < 1.29 is 9.59 Å². The molecule has 3 rings (SSSR count). The molecule has 162 valence electrons. The molecule has 2 aromatic carbocycles. The Morgan fingerprint density at radius 2 is 1.87 bits per heavy atom. The van der Waals surface area contributed by atoms with Crippen LogP contribution < -0.4 is 5.32 Å². The van der Waals surface area contributed by atoms with E-state index in [1.54, 1.807) is 17.0 Å². The fraction of sp³-hybridized carbons (Fsp3) is 0.292. The Balaban J connectivity index is 1.42. The van der Waals surface area contributed by atoms with E-state index in [0.29, 0.717) is 27.2 Å². The molecule has 1 fully saturated rings. The monoisotopic (exact) mass is 472 g/mol. The molecule has 2 amide bonds. The van der Waals surface area contributed by atoms with Crippen LogP contribution in [0.25, 0.3) is 6.08 Å². The second-order valence-electron chi connectivity index (χ2n) is 7.25. The number of hydrogen-bond acceptors (Lipinski definition) is 4. The van der Waals surface area contributed by atoms with E-state index in [4.69, 9.17) is 23.8 Å². The van der Waals surface area contributed by atoms with Crippen molar-refractivity contribution in [1.29, 1.82) is 0 Å². The summed E-state index contributed by atoms with van der Waals surface area (Å²) in [6.45, 7) is 2.65. The van der Waals surface area contributed by atoms with E-state index in [9.17, 15) is 9.59 Å². The maximum absolute atomic E-state index is 12.7. The van der Waals surface area contributed by atoms with Crippen LogP contribution >= 0.6 is 35.6 Å². The van der Waals surface area contributed by atoms with Crippen molar-refractivity contribution in [1.82, 2.24) is 4.90 Å². The minimum Gasteiger partial charge on any atom is -0.326 e. The van der Waals surface area contributed by atoms with Gasteiger partial charge in [-0.05, 0) is 54.7 Å². The van der Waals surface area contributed by atoms with Gasteiger partial charge < -0.3 is 5.32 Å². The van der Waals surface area contributed by atoms with E-state index in [-0.39, 0.29) is 11.8 Å². The molecule has 0 unspecified atom stereocenters. The number of unbranched alkanes of at least 4 members (excludes halogenated alkanes) is 2. The molecule has 0 atom stereocenters. The number of amides is 2. The summed E-state index contributed by atoms with van der Waals surface area (Å²) in [6.07, 6.45) is 5.62. The molecule has 31 heavy (non-hydrogen) atoms. The van der Waals surface area contributed by atoms with Gasteiger partial charge >= 0.3 is 0 Å². The van der Waals surface area contributed by atoms with Gasteiger partial charge in [-0.3, -0.25) is 14.5 Å². The number of nitrogens with one attached hydrogen (secondary N) is 1. The molecule has 0 spiro atoms. The van der Waals surface area contributed by atoms with Crippen molar-refractivity contribution >= 4 is 63.5 Å². The van der Waals surface area contributed by atoms with Crippen LogP contribution in [0.4, 0.5) is 5.69 Å². The molecule has 1 N–H and O–H groups in total. The summed E-state index contributed by atoms with van der Waals surface area (Å²) >= 11 is 12.6. The number of rotatable bonds is 9. The van der Waals surface area contributed by atoms with E-state index < -0.39 is 0 Å². The van der Waals surface area contributed by atoms with Gasteiger partial charge in [-0.1, -0.05) is 79.3 Å². The van der Waals surface area contributed by atoms with Gasteiger partial charge in [0.05, 0.1) is 4.91 Å². The molecule has 1 aliphatic rings. The lowest BCUT2D eigenvalue weighted by atomic mass is 10.1. The number of anilines is 1. The first-order valence-electron chi connectivity index (χ1n) is 10.4. The minimum atomic E-state index is -0.0566. The molecular formula is C24H25ClN2O2S2.